The molecule has 0 aliphatic carbocycles. The monoisotopic (exact) mass is 432 g/mol. The van der Waals surface area contributed by atoms with Crippen LogP contribution in [0, 0.1) is 10.1 Å². The Morgan fingerprint density at radius 2 is 1.83 bits per heavy atom. The summed E-state index contributed by atoms with van der Waals surface area (Å²) in [7, 11) is -3.23. The molecule has 1 aliphatic rings. The molecular weight excluding hydrogens is 408 g/mol. The normalized spacial score (nSPS) is 15.5. The molecule has 0 radical (unpaired) electrons. The van der Waals surface area contributed by atoms with Crippen molar-refractivity contribution in [1.82, 2.24) is 9.62 Å². The van der Waals surface area contributed by atoms with Crippen LogP contribution in [0.15, 0.2) is 48.5 Å². The first-order chi connectivity index (χ1) is 14.3. The second-order valence-electron chi connectivity index (χ2n) is 7.03. The van der Waals surface area contributed by atoms with E-state index in [4.69, 9.17) is 0 Å². The number of anilines is 2. The minimum absolute atomic E-state index is 0.0526. The van der Waals surface area contributed by atoms with E-state index in [9.17, 15) is 23.3 Å². The molecule has 0 bridgehead atoms. The Hall–Kier alpha value is -2.98. The van der Waals surface area contributed by atoms with Gasteiger partial charge in [0.05, 0.1) is 10.7 Å². The molecule has 10 heteroatoms. The number of carbonyl (C=O) groups excluding carboxylic acids is 1. The van der Waals surface area contributed by atoms with E-state index in [1.807, 2.05) is 18.2 Å². The van der Waals surface area contributed by atoms with Crippen LogP contribution in [0.25, 0.3) is 0 Å². The highest BCUT2D eigenvalue weighted by Crippen LogP contribution is 2.29. The third-order valence-electron chi connectivity index (χ3n) is 5.06. The fraction of sp³-hybridized carbons (Fsp3) is 0.350. The van der Waals surface area contributed by atoms with Crippen LogP contribution in [-0.4, -0.2) is 48.4 Å². The topological polar surface area (TPSA) is 122 Å². The molecule has 0 atom stereocenters. The van der Waals surface area contributed by atoms with Crippen molar-refractivity contribution in [2.45, 2.75) is 25.8 Å². The lowest BCUT2D eigenvalue weighted by atomic mass is 10.1. The van der Waals surface area contributed by atoms with Gasteiger partial charge in [-0.05, 0) is 44.0 Å². The van der Waals surface area contributed by atoms with E-state index >= 15 is 0 Å². The van der Waals surface area contributed by atoms with Gasteiger partial charge in [-0.3, -0.25) is 14.9 Å². The third kappa shape index (κ3) is 5.14. The summed E-state index contributed by atoms with van der Waals surface area (Å²) in [5.41, 5.74) is 0.978. The van der Waals surface area contributed by atoms with Gasteiger partial charge in [-0.15, -0.1) is 0 Å². The molecule has 0 saturated carbocycles. The molecule has 9 nitrogen and oxygen atoms in total. The van der Waals surface area contributed by atoms with Crippen LogP contribution in [-0.2, 0) is 10.0 Å². The Bertz CT molecular complexity index is 1020. The number of nitrogens with one attached hydrogen (secondary N) is 2. The number of carbonyl (C=O) groups is 1. The van der Waals surface area contributed by atoms with Gasteiger partial charge in [0.25, 0.3) is 11.6 Å². The molecule has 0 aromatic heterocycles. The SMILES string of the molecule is CCS(=O)(=O)N1CCC(NC(=O)c2ccc(Nc3ccccc3)c([N+](=O)[O-])c2)CC1. The lowest BCUT2D eigenvalue weighted by Crippen LogP contribution is -2.46. The van der Waals surface area contributed by atoms with Crippen molar-refractivity contribution in [3.63, 3.8) is 0 Å². The molecule has 2 N–H and O–H groups in total. The zero-order valence-corrected chi connectivity index (χ0v) is 17.4. The molecule has 1 saturated heterocycles. The summed E-state index contributed by atoms with van der Waals surface area (Å²) in [6.45, 7) is 2.30. The van der Waals surface area contributed by atoms with Crippen molar-refractivity contribution >= 4 is 33.0 Å². The smallest absolute Gasteiger partial charge is 0.293 e. The first-order valence-electron chi connectivity index (χ1n) is 9.69. The van der Waals surface area contributed by atoms with E-state index in [2.05, 4.69) is 10.6 Å². The molecule has 2 aromatic carbocycles. The zero-order valence-electron chi connectivity index (χ0n) is 16.6. The standard InChI is InChI=1S/C20H24N4O5S/c1-2-30(28,29)23-12-10-17(11-13-23)22-20(25)15-8-9-18(19(14-15)24(26)27)21-16-6-4-3-5-7-16/h3-9,14,17,21H,2,10-13H2,1H3,(H,22,25). The lowest BCUT2D eigenvalue weighted by molar-refractivity contribution is -0.383. The van der Waals surface area contributed by atoms with Gasteiger partial charge >= 0.3 is 0 Å². The maximum atomic E-state index is 12.6. The number of piperidine rings is 1. The molecule has 2 aromatic rings. The average Bonchev–Trinajstić information content (AvgIpc) is 2.75. The summed E-state index contributed by atoms with van der Waals surface area (Å²) in [5.74, 6) is -0.363. The molecule has 1 fully saturated rings. The Kier molecular flexibility index (Phi) is 6.68. The summed E-state index contributed by atoms with van der Waals surface area (Å²) in [5, 5.41) is 17.4. The van der Waals surface area contributed by atoms with Crippen molar-refractivity contribution in [2.75, 3.05) is 24.2 Å². The number of sulfonamides is 1. The van der Waals surface area contributed by atoms with Crippen molar-refractivity contribution in [3.05, 3.63) is 64.2 Å². The quantitative estimate of drug-likeness (QED) is 0.512. The van der Waals surface area contributed by atoms with Gasteiger partial charge in [0, 0.05) is 36.4 Å². The molecule has 0 spiro atoms. The molecule has 1 amide bonds. The fourth-order valence-corrected chi connectivity index (χ4v) is 4.47. The van der Waals surface area contributed by atoms with Gasteiger partial charge in [0.1, 0.15) is 5.69 Å². The van der Waals surface area contributed by atoms with Crippen LogP contribution < -0.4 is 10.6 Å². The first-order valence-corrected chi connectivity index (χ1v) is 11.3. The lowest BCUT2D eigenvalue weighted by Gasteiger charge is -2.31. The highest BCUT2D eigenvalue weighted by Gasteiger charge is 2.28. The number of benzene rings is 2. The zero-order chi connectivity index (χ0) is 21.7. The van der Waals surface area contributed by atoms with Crippen LogP contribution in [0.1, 0.15) is 30.1 Å². The van der Waals surface area contributed by atoms with Crippen molar-refractivity contribution in [3.8, 4) is 0 Å². The van der Waals surface area contributed by atoms with E-state index < -0.39 is 20.9 Å². The third-order valence-corrected chi connectivity index (χ3v) is 6.94. The van der Waals surface area contributed by atoms with Crippen LogP contribution >= 0.6 is 0 Å². The van der Waals surface area contributed by atoms with Gasteiger partial charge in [0.15, 0.2) is 0 Å². The summed E-state index contributed by atoms with van der Waals surface area (Å²) in [4.78, 5) is 23.6. The van der Waals surface area contributed by atoms with Crippen LogP contribution in [0.4, 0.5) is 17.1 Å². The maximum absolute atomic E-state index is 12.6. The molecule has 1 heterocycles. The molecule has 30 heavy (non-hydrogen) atoms. The largest absolute Gasteiger partial charge is 0.350 e. The summed E-state index contributed by atoms with van der Waals surface area (Å²) < 4.78 is 25.3. The summed E-state index contributed by atoms with van der Waals surface area (Å²) in [6, 6.07) is 13.2. The average molecular weight is 433 g/mol. The Labute approximate surface area is 175 Å². The Morgan fingerprint density at radius 3 is 2.43 bits per heavy atom. The minimum Gasteiger partial charge on any atom is -0.350 e. The molecular formula is C20H24N4O5S. The fourth-order valence-electron chi connectivity index (χ4n) is 3.34. The van der Waals surface area contributed by atoms with Crippen LogP contribution in [0.2, 0.25) is 0 Å². The number of nitro groups is 1. The number of para-hydroxylation sites is 1. The van der Waals surface area contributed by atoms with E-state index in [-0.39, 0.29) is 23.0 Å². The Balaban J connectivity index is 1.68. The number of hydrogen-bond acceptors (Lipinski definition) is 6. The van der Waals surface area contributed by atoms with E-state index in [0.717, 1.165) is 0 Å². The second-order valence-corrected chi connectivity index (χ2v) is 9.28. The van der Waals surface area contributed by atoms with Crippen molar-refractivity contribution in [2.24, 2.45) is 0 Å². The highest BCUT2D eigenvalue weighted by molar-refractivity contribution is 7.89. The summed E-state index contributed by atoms with van der Waals surface area (Å²) in [6.07, 6.45) is 1.00. The highest BCUT2D eigenvalue weighted by atomic mass is 32.2. The van der Waals surface area contributed by atoms with Gasteiger partial charge in [-0.1, -0.05) is 18.2 Å². The maximum Gasteiger partial charge on any atom is 0.293 e. The van der Waals surface area contributed by atoms with Crippen LogP contribution in [0.3, 0.4) is 0 Å². The van der Waals surface area contributed by atoms with Gasteiger partial charge in [-0.25, -0.2) is 12.7 Å². The van der Waals surface area contributed by atoms with Gasteiger partial charge in [-0.2, -0.15) is 0 Å². The number of nitrogens with zero attached hydrogens (tertiary/aromatic N) is 2. The number of amides is 1. The number of nitro benzene ring substituents is 1. The predicted octanol–water partition coefficient (Wildman–Crippen LogP) is 2.88. The molecule has 3 rings (SSSR count). The molecule has 1 aliphatic heterocycles. The first kappa shape index (κ1) is 21.7. The predicted molar refractivity (Wildman–Crippen MR) is 114 cm³/mol. The Morgan fingerprint density at radius 1 is 1.17 bits per heavy atom. The number of rotatable bonds is 7. The van der Waals surface area contributed by atoms with Gasteiger partial charge < -0.3 is 10.6 Å². The van der Waals surface area contributed by atoms with Gasteiger partial charge in [0.2, 0.25) is 10.0 Å². The van der Waals surface area contributed by atoms with Crippen molar-refractivity contribution < 1.29 is 18.1 Å². The summed E-state index contributed by atoms with van der Waals surface area (Å²) >= 11 is 0. The van der Waals surface area contributed by atoms with E-state index in [1.165, 1.54) is 22.5 Å². The minimum atomic E-state index is -3.23. The second kappa shape index (κ2) is 9.23. The van der Waals surface area contributed by atoms with Crippen LogP contribution in [0.5, 0.6) is 0 Å². The van der Waals surface area contributed by atoms with Crippen molar-refractivity contribution in [1.29, 1.82) is 0 Å². The number of hydrogen-bond donors (Lipinski definition) is 2. The molecule has 0 unspecified atom stereocenters. The van der Waals surface area contributed by atoms with E-state index in [1.54, 1.807) is 19.1 Å². The molecule has 160 valence electrons. The van der Waals surface area contributed by atoms with E-state index in [0.29, 0.717) is 37.3 Å².